The molecule has 0 fully saturated rings. The fourth-order valence-electron chi connectivity index (χ4n) is 2.65. The van der Waals surface area contributed by atoms with Gasteiger partial charge in [-0.1, -0.05) is 6.92 Å². The summed E-state index contributed by atoms with van der Waals surface area (Å²) in [5.41, 5.74) is 2.48. The van der Waals surface area contributed by atoms with Gasteiger partial charge < -0.3 is 15.0 Å². The molecule has 2 aromatic carbocycles. The highest BCUT2D eigenvalue weighted by molar-refractivity contribution is 9.10. The molecule has 150 valence electrons. The van der Waals surface area contributed by atoms with Crippen LogP contribution >= 0.6 is 28.1 Å². The molecule has 0 saturated carbocycles. The molecule has 0 saturated heterocycles. The number of nitrogens with zero attached hydrogens (tertiary/aromatic N) is 1. The summed E-state index contributed by atoms with van der Waals surface area (Å²) in [5.74, 6) is 0.437. The molecular formula is C21H26BrN3O2S. The molecular weight excluding hydrogens is 438 g/mol. The van der Waals surface area contributed by atoms with Gasteiger partial charge in [-0.2, -0.15) is 0 Å². The summed E-state index contributed by atoms with van der Waals surface area (Å²) in [6.07, 6.45) is 0.921. The third kappa shape index (κ3) is 6.21. The Balaban J connectivity index is 1.95. The number of hydrogen-bond acceptors (Lipinski definition) is 4. The van der Waals surface area contributed by atoms with Crippen LogP contribution in [0.3, 0.4) is 0 Å². The van der Waals surface area contributed by atoms with E-state index in [1.165, 1.54) is 0 Å². The van der Waals surface area contributed by atoms with Crippen LogP contribution in [-0.4, -0.2) is 30.7 Å². The summed E-state index contributed by atoms with van der Waals surface area (Å²) in [6, 6.07) is 13.2. The highest BCUT2D eigenvalue weighted by Crippen LogP contribution is 2.26. The van der Waals surface area contributed by atoms with Crippen molar-refractivity contribution in [3.05, 3.63) is 52.5 Å². The van der Waals surface area contributed by atoms with Gasteiger partial charge in [-0.3, -0.25) is 10.1 Å². The zero-order valence-electron chi connectivity index (χ0n) is 16.4. The van der Waals surface area contributed by atoms with Crippen LogP contribution in [0.15, 0.2) is 46.9 Å². The van der Waals surface area contributed by atoms with Gasteiger partial charge in [0.25, 0.3) is 5.91 Å². The normalized spacial score (nSPS) is 10.3. The van der Waals surface area contributed by atoms with E-state index in [1.807, 2.05) is 31.2 Å². The monoisotopic (exact) mass is 463 g/mol. The molecule has 7 heteroatoms. The number of halogens is 1. The van der Waals surface area contributed by atoms with Gasteiger partial charge in [0.05, 0.1) is 11.1 Å². The van der Waals surface area contributed by atoms with Crippen molar-refractivity contribution >= 4 is 50.5 Å². The average Bonchev–Trinajstić information content (AvgIpc) is 2.69. The van der Waals surface area contributed by atoms with Crippen LogP contribution in [0.4, 0.5) is 11.4 Å². The maximum Gasteiger partial charge on any atom is 0.257 e. The number of thiocarbonyl (C=S) groups is 1. The quantitative estimate of drug-likeness (QED) is 0.526. The zero-order valence-corrected chi connectivity index (χ0v) is 18.8. The summed E-state index contributed by atoms with van der Waals surface area (Å²) in [4.78, 5) is 14.7. The van der Waals surface area contributed by atoms with Crippen molar-refractivity contribution in [1.29, 1.82) is 0 Å². The highest BCUT2D eigenvalue weighted by Gasteiger charge is 2.11. The van der Waals surface area contributed by atoms with Crippen LogP contribution in [0.25, 0.3) is 0 Å². The topological polar surface area (TPSA) is 53.6 Å². The highest BCUT2D eigenvalue weighted by atomic mass is 79.9. The first-order valence-electron chi connectivity index (χ1n) is 9.38. The van der Waals surface area contributed by atoms with Crippen LogP contribution in [0.5, 0.6) is 5.75 Å². The van der Waals surface area contributed by atoms with Crippen LogP contribution < -0.4 is 20.3 Å². The first-order valence-corrected chi connectivity index (χ1v) is 10.6. The number of anilines is 2. The first kappa shape index (κ1) is 22.2. The fraction of sp³-hybridized carbons (Fsp3) is 0.333. The van der Waals surface area contributed by atoms with Crippen LogP contribution in [0, 0.1) is 0 Å². The summed E-state index contributed by atoms with van der Waals surface area (Å²) in [7, 11) is 0. The Morgan fingerprint density at radius 1 is 1.11 bits per heavy atom. The predicted molar refractivity (Wildman–Crippen MR) is 124 cm³/mol. The number of carbonyl (C=O) groups excluding carboxylic acids is 1. The second-order valence-corrected chi connectivity index (χ2v) is 7.38. The summed E-state index contributed by atoms with van der Waals surface area (Å²) in [5, 5.41) is 6.00. The van der Waals surface area contributed by atoms with Crippen molar-refractivity contribution in [1.82, 2.24) is 5.32 Å². The minimum atomic E-state index is -0.278. The molecule has 5 nitrogen and oxygen atoms in total. The minimum absolute atomic E-state index is 0.253. The number of rotatable bonds is 8. The van der Waals surface area contributed by atoms with Gasteiger partial charge in [-0.15, -0.1) is 0 Å². The number of carbonyl (C=O) groups is 1. The number of amides is 1. The Morgan fingerprint density at radius 2 is 1.79 bits per heavy atom. The minimum Gasteiger partial charge on any atom is -0.492 e. The van der Waals surface area contributed by atoms with Gasteiger partial charge in [0.2, 0.25) is 0 Å². The van der Waals surface area contributed by atoms with Crippen LogP contribution in [-0.2, 0) is 0 Å². The van der Waals surface area contributed by atoms with Gasteiger partial charge in [0.15, 0.2) is 5.11 Å². The second kappa shape index (κ2) is 11.0. The van der Waals surface area contributed by atoms with Gasteiger partial charge in [-0.25, -0.2) is 0 Å². The maximum atomic E-state index is 12.4. The molecule has 0 aliphatic heterocycles. The lowest BCUT2D eigenvalue weighted by molar-refractivity contribution is 0.0977. The fourth-order valence-corrected chi connectivity index (χ4v) is 3.36. The second-order valence-electron chi connectivity index (χ2n) is 6.12. The van der Waals surface area contributed by atoms with Crippen LogP contribution in [0.2, 0.25) is 0 Å². The Morgan fingerprint density at radius 3 is 2.36 bits per heavy atom. The van der Waals surface area contributed by atoms with E-state index in [0.717, 1.165) is 35.4 Å². The first-order chi connectivity index (χ1) is 13.5. The third-order valence-corrected chi connectivity index (χ3v) is 4.96. The lowest BCUT2D eigenvalue weighted by Crippen LogP contribution is -2.34. The molecule has 0 heterocycles. The molecule has 0 spiro atoms. The van der Waals surface area contributed by atoms with E-state index in [4.69, 9.17) is 17.0 Å². The number of benzene rings is 2. The van der Waals surface area contributed by atoms with E-state index >= 15 is 0 Å². The van der Waals surface area contributed by atoms with E-state index in [0.29, 0.717) is 17.9 Å². The van der Waals surface area contributed by atoms with E-state index in [2.05, 4.69) is 45.3 Å². The van der Waals surface area contributed by atoms with E-state index in [1.54, 1.807) is 18.2 Å². The van der Waals surface area contributed by atoms with Crippen molar-refractivity contribution < 1.29 is 9.53 Å². The third-order valence-electron chi connectivity index (χ3n) is 4.14. The molecule has 0 bridgehead atoms. The molecule has 28 heavy (non-hydrogen) atoms. The Labute approximate surface area is 180 Å². The Bertz CT molecular complexity index is 808. The molecule has 0 aromatic heterocycles. The van der Waals surface area contributed by atoms with Crippen molar-refractivity contribution in [3.8, 4) is 5.75 Å². The Hall–Kier alpha value is -2.12. The van der Waals surface area contributed by atoms with E-state index in [-0.39, 0.29) is 11.0 Å². The van der Waals surface area contributed by atoms with Gasteiger partial charge in [-0.05, 0) is 90.9 Å². The SMILES string of the molecule is CCCOc1ccc(C(=O)NC(=S)Nc2ccc(N(CC)CC)cc2)cc1Br. The number of hydrogen-bond donors (Lipinski definition) is 2. The molecule has 2 rings (SSSR count). The van der Waals surface area contributed by atoms with E-state index < -0.39 is 0 Å². The molecule has 0 unspecified atom stereocenters. The smallest absolute Gasteiger partial charge is 0.257 e. The van der Waals surface area contributed by atoms with Gasteiger partial charge in [0.1, 0.15) is 5.75 Å². The molecule has 2 N–H and O–H groups in total. The van der Waals surface area contributed by atoms with E-state index in [9.17, 15) is 4.79 Å². The molecule has 0 aliphatic carbocycles. The standard InChI is InChI=1S/C21H26BrN3O2S/c1-4-13-27-19-12-7-15(14-18(19)22)20(26)24-21(28)23-16-8-10-17(11-9-16)25(5-2)6-3/h7-12,14H,4-6,13H2,1-3H3,(H2,23,24,26,28). The molecule has 0 atom stereocenters. The van der Waals surface area contributed by atoms with Gasteiger partial charge in [0, 0.05) is 30.0 Å². The van der Waals surface area contributed by atoms with Crippen molar-refractivity contribution in [2.45, 2.75) is 27.2 Å². The predicted octanol–water partition coefficient (Wildman–Crippen LogP) is 5.21. The molecule has 0 aliphatic rings. The lowest BCUT2D eigenvalue weighted by Gasteiger charge is -2.21. The van der Waals surface area contributed by atoms with Gasteiger partial charge >= 0.3 is 0 Å². The lowest BCUT2D eigenvalue weighted by atomic mass is 10.2. The van der Waals surface area contributed by atoms with Crippen molar-refractivity contribution in [3.63, 3.8) is 0 Å². The number of ether oxygens (including phenoxy) is 1. The maximum absolute atomic E-state index is 12.4. The van der Waals surface area contributed by atoms with Crippen LogP contribution in [0.1, 0.15) is 37.6 Å². The molecule has 0 radical (unpaired) electrons. The summed E-state index contributed by atoms with van der Waals surface area (Å²) >= 11 is 8.71. The largest absolute Gasteiger partial charge is 0.492 e. The number of nitrogens with one attached hydrogen (secondary N) is 2. The Kier molecular flexibility index (Phi) is 8.73. The summed E-state index contributed by atoms with van der Waals surface area (Å²) in [6.45, 7) is 8.83. The van der Waals surface area contributed by atoms with Crippen molar-refractivity contribution in [2.75, 3.05) is 29.9 Å². The zero-order chi connectivity index (χ0) is 20.5. The molecule has 2 aromatic rings. The summed E-state index contributed by atoms with van der Waals surface area (Å²) < 4.78 is 6.34. The average molecular weight is 464 g/mol. The van der Waals surface area contributed by atoms with Crippen molar-refractivity contribution in [2.24, 2.45) is 0 Å². The molecule has 1 amide bonds.